The first-order chi connectivity index (χ1) is 12.0. The van der Waals surface area contributed by atoms with Gasteiger partial charge in [0.05, 0.1) is 29.8 Å². The van der Waals surface area contributed by atoms with Crippen LogP contribution in [0.5, 0.6) is 5.75 Å². The summed E-state index contributed by atoms with van der Waals surface area (Å²) >= 11 is 11.9. The van der Waals surface area contributed by atoms with Gasteiger partial charge in [-0.05, 0) is 29.8 Å². The zero-order chi connectivity index (χ0) is 18.0. The lowest BCUT2D eigenvalue weighted by atomic mass is 10.1. The second-order valence-corrected chi connectivity index (χ2v) is 6.61. The number of likely N-dealkylation sites (N-methyl/N-ethyl adjacent to an activating group) is 1. The summed E-state index contributed by atoms with van der Waals surface area (Å²) < 4.78 is 10.7. The van der Waals surface area contributed by atoms with Gasteiger partial charge in [-0.2, -0.15) is 0 Å². The van der Waals surface area contributed by atoms with E-state index in [2.05, 4.69) is 0 Å². The van der Waals surface area contributed by atoms with Gasteiger partial charge < -0.3 is 14.1 Å². The molecule has 25 heavy (non-hydrogen) atoms. The van der Waals surface area contributed by atoms with Gasteiger partial charge in [0, 0.05) is 30.6 Å². The van der Waals surface area contributed by atoms with Gasteiger partial charge in [-0.15, -0.1) is 0 Å². The normalized spacial score (nSPS) is 10.9. The third-order valence-corrected chi connectivity index (χ3v) is 4.77. The highest BCUT2D eigenvalue weighted by molar-refractivity contribution is 6.42. The summed E-state index contributed by atoms with van der Waals surface area (Å²) in [4.78, 5) is 14.2. The predicted octanol–water partition coefficient (Wildman–Crippen LogP) is 4.95. The van der Waals surface area contributed by atoms with Crippen molar-refractivity contribution in [2.24, 2.45) is 0 Å². The molecule has 2 aromatic carbocycles. The van der Waals surface area contributed by atoms with E-state index in [0.717, 1.165) is 22.3 Å². The predicted molar refractivity (Wildman–Crippen MR) is 99.4 cm³/mol. The Bertz CT molecular complexity index is 920. The van der Waals surface area contributed by atoms with E-state index in [-0.39, 0.29) is 12.3 Å². The molecule has 0 saturated heterocycles. The van der Waals surface area contributed by atoms with Crippen LogP contribution >= 0.6 is 23.2 Å². The lowest BCUT2D eigenvalue weighted by Gasteiger charge is -2.17. The number of fused-ring (bicyclic) bond motifs is 1. The van der Waals surface area contributed by atoms with Gasteiger partial charge in [-0.25, -0.2) is 0 Å². The van der Waals surface area contributed by atoms with Crippen molar-refractivity contribution < 1.29 is 13.9 Å². The van der Waals surface area contributed by atoms with E-state index in [1.54, 1.807) is 37.5 Å². The molecule has 4 nitrogen and oxygen atoms in total. The number of methoxy groups -OCH3 is 1. The topological polar surface area (TPSA) is 42.7 Å². The number of furan rings is 1. The molecule has 1 aromatic heterocycles. The standard InChI is InChI=1S/C19H17Cl2NO3/c1-22(10-12-3-6-16(20)17(21)7-12)19(23)8-13-11-25-18-9-14(24-2)4-5-15(13)18/h3-7,9,11H,8,10H2,1-2H3. The molecule has 0 bridgehead atoms. The fourth-order valence-corrected chi connectivity index (χ4v) is 2.95. The first-order valence-electron chi connectivity index (χ1n) is 7.70. The van der Waals surface area contributed by atoms with Crippen LogP contribution < -0.4 is 4.74 Å². The lowest BCUT2D eigenvalue weighted by Crippen LogP contribution is -2.27. The van der Waals surface area contributed by atoms with E-state index >= 15 is 0 Å². The van der Waals surface area contributed by atoms with E-state index in [1.807, 2.05) is 24.3 Å². The number of carbonyl (C=O) groups is 1. The monoisotopic (exact) mass is 377 g/mol. The molecule has 0 unspecified atom stereocenters. The number of carbonyl (C=O) groups excluding carboxylic acids is 1. The molecule has 0 N–H and O–H groups in total. The Kier molecular flexibility index (Phi) is 5.21. The number of rotatable bonds is 5. The molecule has 0 atom stereocenters. The van der Waals surface area contributed by atoms with Crippen molar-refractivity contribution in [1.29, 1.82) is 0 Å². The van der Waals surface area contributed by atoms with Crippen LogP contribution in [0, 0.1) is 0 Å². The van der Waals surface area contributed by atoms with E-state index in [1.165, 1.54) is 0 Å². The Morgan fingerprint density at radius 1 is 1.16 bits per heavy atom. The van der Waals surface area contributed by atoms with Crippen molar-refractivity contribution in [3.8, 4) is 5.75 Å². The average molecular weight is 378 g/mol. The number of ether oxygens (including phenoxy) is 1. The summed E-state index contributed by atoms with van der Waals surface area (Å²) in [6, 6.07) is 10.9. The Morgan fingerprint density at radius 3 is 2.68 bits per heavy atom. The highest BCUT2D eigenvalue weighted by Crippen LogP contribution is 2.26. The second kappa shape index (κ2) is 7.38. The van der Waals surface area contributed by atoms with Crippen molar-refractivity contribution in [3.63, 3.8) is 0 Å². The minimum absolute atomic E-state index is 0.00964. The minimum Gasteiger partial charge on any atom is -0.497 e. The highest BCUT2D eigenvalue weighted by atomic mass is 35.5. The molecule has 3 aromatic rings. The minimum atomic E-state index is -0.00964. The molecule has 130 valence electrons. The molecule has 0 fully saturated rings. The van der Waals surface area contributed by atoms with E-state index < -0.39 is 0 Å². The number of amides is 1. The first-order valence-corrected chi connectivity index (χ1v) is 8.45. The van der Waals surface area contributed by atoms with Crippen LogP contribution in [0.25, 0.3) is 11.0 Å². The van der Waals surface area contributed by atoms with Crippen molar-refractivity contribution in [2.45, 2.75) is 13.0 Å². The molecule has 0 radical (unpaired) electrons. The van der Waals surface area contributed by atoms with Gasteiger partial charge in [0.15, 0.2) is 0 Å². The van der Waals surface area contributed by atoms with Crippen molar-refractivity contribution in [1.82, 2.24) is 4.90 Å². The summed E-state index contributed by atoms with van der Waals surface area (Å²) in [5.74, 6) is 0.709. The third-order valence-electron chi connectivity index (χ3n) is 4.03. The van der Waals surface area contributed by atoms with Crippen LogP contribution in [-0.2, 0) is 17.8 Å². The van der Waals surface area contributed by atoms with Crippen LogP contribution in [0.4, 0.5) is 0 Å². The summed E-state index contributed by atoms with van der Waals surface area (Å²) in [5.41, 5.74) is 2.48. The number of hydrogen-bond donors (Lipinski definition) is 0. The molecule has 6 heteroatoms. The van der Waals surface area contributed by atoms with Crippen molar-refractivity contribution in [2.75, 3.05) is 14.2 Å². The second-order valence-electron chi connectivity index (χ2n) is 5.80. The average Bonchev–Trinajstić information content (AvgIpc) is 3.00. The number of benzene rings is 2. The van der Waals surface area contributed by atoms with Gasteiger partial charge >= 0.3 is 0 Å². The summed E-state index contributed by atoms with van der Waals surface area (Å²) in [5, 5.41) is 1.89. The Labute approximate surface area is 155 Å². The highest BCUT2D eigenvalue weighted by Gasteiger charge is 2.15. The molecule has 1 amide bonds. The van der Waals surface area contributed by atoms with Gasteiger partial charge in [0.25, 0.3) is 0 Å². The summed E-state index contributed by atoms with van der Waals surface area (Å²) in [7, 11) is 3.36. The fourth-order valence-electron chi connectivity index (χ4n) is 2.63. The van der Waals surface area contributed by atoms with Gasteiger partial charge in [-0.3, -0.25) is 4.79 Å². The summed E-state index contributed by atoms with van der Waals surface area (Å²) in [6.07, 6.45) is 1.88. The lowest BCUT2D eigenvalue weighted by molar-refractivity contribution is -0.129. The zero-order valence-electron chi connectivity index (χ0n) is 13.9. The SMILES string of the molecule is COc1ccc2c(CC(=O)N(C)Cc3ccc(Cl)c(Cl)c3)coc2c1. The number of halogens is 2. The molecule has 3 rings (SSSR count). The first kappa shape index (κ1) is 17.6. The molecule has 0 spiro atoms. The van der Waals surface area contributed by atoms with Gasteiger partial charge in [0.2, 0.25) is 5.91 Å². The Hall–Kier alpha value is -2.17. The molecular formula is C19H17Cl2NO3. The molecule has 0 aliphatic carbocycles. The number of hydrogen-bond acceptors (Lipinski definition) is 3. The fraction of sp³-hybridized carbons (Fsp3) is 0.211. The Balaban J connectivity index is 1.72. The molecule has 0 aliphatic rings. The van der Waals surface area contributed by atoms with Crippen molar-refractivity contribution in [3.05, 3.63) is 63.8 Å². The van der Waals surface area contributed by atoms with Crippen LogP contribution in [0.15, 0.2) is 47.1 Å². The zero-order valence-corrected chi connectivity index (χ0v) is 15.4. The van der Waals surface area contributed by atoms with Gasteiger partial charge in [0.1, 0.15) is 11.3 Å². The molecule has 1 heterocycles. The van der Waals surface area contributed by atoms with E-state index in [0.29, 0.717) is 22.2 Å². The number of nitrogens with zero attached hydrogens (tertiary/aromatic N) is 1. The van der Waals surface area contributed by atoms with Crippen LogP contribution in [-0.4, -0.2) is 25.0 Å². The largest absolute Gasteiger partial charge is 0.497 e. The van der Waals surface area contributed by atoms with Crippen LogP contribution in [0.3, 0.4) is 0 Å². The van der Waals surface area contributed by atoms with Gasteiger partial charge in [-0.1, -0.05) is 29.3 Å². The smallest absolute Gasteiger partial charge is 0.227 e. The van der Waals surface area contributed by atoms with Crippen LogP contribution in [0.1, 0.15) is 11.1 Å². The maximum atomic E-state index is 12.5. The Morgan fingerprint density at radius 2 is 1.96 bits per heavy atom. The molecule has 0 aliphatic heterocycles. The maximum Gasteiger partial charge on any atom is 0.227 e. The molecule has 0 saturated carbocycles. The van der Waals surface area contributed by atoms with Crippen molar-refractivity contribution >= 4 is 40.1 Å². The van der Waals surface area contributed by atoms with E-state index in [4.69, 9.17) is 32.4 Å². The quantitative estimate of drug-likeness (QED) is 0.631. The summed E-state index contributed by atoms with van der Waals surface area (Å²) in [6.45, 7) is 0.458. The van der Waals surface area contributed by atoms with E-state index in [9.17, 15) is 4.79 Å². The van der Waals surface area contributed by atoms with Crippen LogP contribution in [0.2, 0.25) is 10.0 Å². The molecular weight excluding hydrogens is 361 g/mol. The third kappa shape index (κ3) is 3.91. The maximum absolute atomic E-state index is 12.5.